The Morgan fingerprint density at radius 2 is 0.512 bits per heavy atom. The average Bonchev–Trinajstić information content (AvgIpc) is 3.51. The summed E-state index contributed by atoms with van der Waals surface area (Å²) < 4.78 is 10.8. The Morgan fingerprint density at radius 3 is 0.774 bits per heavy atom. The average molecular weight is 1170 g/mol. The number of unbranched alkanes of at least 4 members (excludes halogenated alkanes) is 38. The highest BCUT2D eigenvalue weighted by atomic mass is 16.6. The van der Waals surface area contributed by atoms with Crippen LogP contribution in [-0.4, -0.2) is 36.4 Å². The molecule has 0 heterocycles. The maximum Gasteiger partial charge on any atom is 0.306 e. The van der Waals surface area contributed by atoms with Crippen molar-refractivity contribution in [2.24, 2.45) is 0 Å². The van der Waals surface area contributed by atoms with Crippen LogP contribution in [0.4, 0.5) is 0 Å². The molecule has 0 rings (SSSR count). The van der Waals surface area contributed by atoms with E-state index in [0.29, 0.717) is 12.8 Å². The molecule has 0 aliphatic rings. The largest absolute Gasteiger partial charge is 0.462 e. The topological polar surface area (TPSA) is 72.8 Å². The second-order valence-corrected chi connectivity index (χ2v) is 23.9. The van der Waals surface area contributed by atoms with E-state index in [1.165, 1.54) is 212 Å². The van der Waals surface area contributed by atoms with E-state index in [1.54, 1.807) is 0 Å². The molecule has 0 aromatic carbocycles. The first-order valence-corrected chi connectivity index (χ1v) is 36.1. The Kier molecular flexibility index (Phi) is 70.3. The van der Waals surface area contributed by atoms with E-state index in [4.69, 9.17) is 9.47 Å². The first kappa shape index (κ1) is 80.3. The lowest BCUT2D eigenvalue weighted by molar-refractivity contribution is -0.161. The highest BCUT2D eigenvalue weighted by Crippen LogP contribution is 2.18. The summed E-state index contributed by atoms with van der Waals surface area (Å²) in [5, 5.41) is 9.71. The summed E-state index contributed by atoms with van der Waals surface area (Å²) in [6.45, 7) is 4.06. The number of allylic oxidation sites excluding steroid dienone is 20. The standard InChI is InChI=1S/C79H136O5/c1-3-5-7-9-11-13-15-17-19-21-23-25-27-29-31-33-35-36-37-38-39-40-41-42-44-46-48-50-52-54-56-58-60-62-64-66-68-70-72-74-79(82)84-77(75-80)76-83-78(81)73-71-69-67-65-63-61-59-57-55-53-51-49-47-45-43-34-32-30-28-26-24-22-20-18-16-14-12-10-8-6-4-2/h5,7,11,13,17,19,23,25,29,31,35-36,38-39,41-42,46,48,52,54,77,80H,3-4,6,8-10,12,14-16,18,20-22,24,26-28,30,32-34,37,40,43-45,47,49-51,53,55-76H2,1-2H3/b7-5-,13-11-,19-17-,25-23-,31-29-,36-35-,39-38-,42-41-,48-46-,54-52-. The fourth-order valence-electron chi connectivity index (χ4n) is 10.4. The molecule has 1 unspecified atom stereocenters. The number of carbonyl (C=O) groups excluding carboxylic acids is 2. The van der Waals surface area contributed by atoms with Gasteiger partial charge in [0, 0.05) is 12.8 Å². The molecule has 0 aliphatic heterocycles. The van der Waals surface area contributed by atoms with Crippen LogP contribution < -0.4 is 0 Å². The molecule has 0 aliphatic carbocycles. The molecule has 1 atom stereocenters. The summed E-state index contributed by atoms with van der Waals surface area (Å²) in [6, 6.07) is 0. The number of aliphatic hydroxyl groups excluding tert-OH is 1. The van der Waals surface area contributed by atoms with Gasteiger partial charge in [0.05, 0.1) is 6.61 Å². The van der Waals surface area contributed by atoms with Crippen LogP contribution >= 0.6 is 0 Å². The molecule has 0 saturated carbocycles. The Balaban J connectivity index is 3.51. The van der Waals surface area contributed by atoms with Crippen molar-refractivity contribution in [3.05, 3.63) is 122 Å². The fraction of sp³-hybridized carbons (Fsp3) is 0.722. The zero-order valence-corrected chi connectivity index (χ0v) is 55.4. The highest BCUT2D eigenvalue weighted by molar-refractivity contribution is 5.70. The normalized spacial score (nSPS) is 12.9. The molecule has 1 N–H and O–H groups in total. The number of rotatable bonds is 66. The van der Waals surface area contributed by atoms with Crippen molar-refractivity contribution < 1.29 is 24.2 Å². The molecule has 84 heavy (non-hydrogen) atoms. The Labute approximate surface area is 522 Å². The summed E-state index contributed by atoms with van der Waals surface area (Å²) >= 11 is 0. The molecule has 0 amide bonds. The van der Waals surface area contributed by atoms with Gasteiger partial charge in [-0.05, 0) is 89.9 Å². The predicted octanol–water partition coefficient (Wildman–Crippen LogP) is 25.3. The minimum absolute atomic E-state index is 0.0713. The van der Waals surface area contributed by atoms with Crippen molar-refractivity contribution >= 4 is 11.9 Å². The molecule has 0 radical (unpaired) electrons. The SMILES string of the molecule is CC/C=C\C/C=C\C/C=C\C/C=C\C/C=C\C/C=C\C/C=C\C/C=C\C/C=C\C/C=C\CCCCCCCCCCC(=O)OC(CO)COC(=O)CCCCCCCCCCCCCCCCCCCCCCCCCCCCCCCCC. The highest BCUT2D eigenvalue weighted by Gasteiger charge is 2.16. The van der Waals surface area contributed by atoms with E-state index in [0.717, 1.165) is 109 Å². The van der Waals surface area contributed by atoms with Gasteiger partial charge in [0.15, 0.2) is 6.10 Å². The first-order valence-electron chi connectivity index (χ1n) is 36.1. The molecule has 0 spiro atoms. The van der Waals surface area contributed by atoms with Crippen molar-refractivity contribution in [1.82, 2.24) is 0 Å². The van der Waals surface area contributed by atoms with E-state index in [9.17, 15) is 14.7 Å². The van der Waals surface area contributed by atoms with Crippen molar-refractivity contribution in [3.63, 3.8) is 0 Å². The van der Waals surface area contributed by atoms with Crippen LogP contribution in [0.25, 0.3) is 0 Å². The van der Waals surface area contributed by atoms with Crippen LogP contribution in [0.3, 0.4) is 0 Å². The lowest BCUT2D eigenvalue weighted by atomic mass is 10.0. The van der Waals surface area contributed by atoms with Crippen LogP contribution in [0.15, 0.2) is 122 Å². The van der Waals surface area contributed by atoms with E-state index in [1.807, 2.05) is 0 Å². The van der Waals surface area contributed by atoms with Crippen LogP contribution in [0.5, 0.6) is 0 Å². The molecule has 0 bridgehead atoms. The van der Waals surface area contributed by atoms with Gasteiger partial charge >= 0.3 is 11.9 Å². The zero-order chi connectivity index (χ0) is 60.5. The molecule has 0 aromatic rings. The van der Waals surface area contributed by atoms with Gasteiger partial charge in [-0.2, -0.15) is 0 Å². The van der Waals surface area contributed by atoms with E-state index in [2.05, 4.69) is 135 Å². The van der Waals surface area contributed by atoms with Crippen LogP contribution in [0, 0.1) is 0 Å². The zero-order valence-electron chi connectivity index (χ0n) is 55.4. The molecular weight excluding hydrogens is 1030 g/mol. The summed E-state index contributed by atoms with van der Waals surface area (Å²) in [5.41, 5.74) is 0. The third-order valence-electron chi connectivity index (χ3n) is 15.8. The molecule has 482 valence electrons. The lowest BCUT2D eigenvalue weighted by Gasteiger charge is -2.15. The first-order chi connectivity index (χ1) is 41.6. The van der Waals surface area contributed by atoms with E-state index in [-0.39, 0.29) is 25.2 Å². The Morgan fingerprint density at radius 1 is 0.286 bits per heavy atom. The predicted molar refractivity (Wildman–Crippen MR) is 371 cm³/mol. The monoisotopic (exact) mass is 1170 g/mol. The van der Waals surface area contributed by atoms with Gasteiger partial charge in [0.25, 0.3) is 0 Å². The fourth-order valence-corrected chi connectivity index (χ4v) is 10.4. The number of esters is 2. The van der Waals surface area contributed by atoms with E-state index >= 15 is 0 Å². The van der Waals surface area contributed by atoms with Crippen LogP contribution in [0.2, 0.25) is 0 Å². The molecule has 5 nitrogen and oxygen atoms in total. The second kappa shape index (κ2) is 73.6. The molecule has 5 heteroatoms. The molecule has 0 fully saturated rings. The number of ether oxygens (including phenoxy) is 2. The quantitative estimate of drug-likeness (QED) is 0.0373. The maximum absolute atomic E-state index is 12.4. The third kappa shape index (κ3) is 70.8. The van der Waals surface area contributed by atoms with Gasteiger partial charge < -0.3 is 14.6 Å². The third-order valence-corrected chi connectivity index (χ3v) is 15.8. The summed E-state index contributed by atoms with van der Waals surface area (Å²) in [4.78, 5) is 24.7. The van der Waals surface area contributed by atoms with Gasteiger partial charge in [-0.3, -0.25) is 9.59 Å². The number of aliphatic hydroxyl groups is 1. The van der Waals surface area contributed by atoms with Gasteiger partial charge in [-0.1, -0.05) is 367 Å². The van der Waals surface area contributed by atoms with Gasteiger partial charge in [0.2, 0.25) is 0 Å². The van der Waals surface area contributed by atoms with E-state index < -0.39 is 6.10 Å². The second-order valence-electron chi connectivity index (χ2n) is 23.9. The van der Waals surface area contributed by atoms with Gasteiger partial charge in [-0.15, -0.1) is 0 Å². The summed E-state index contributed by atoms with van der Waals surface area (Å²) in [6.07, 6.45) is 108. The molecule has 0 saturated heterocycles. The summed E-state index contributed by atoms with van der Waals surface area (Å²) in [7, 11) is 0. The molecule has 0 aromatic heterocycles. The van der Waals surface area contributed by atoms with Crippen LogP contribution in [-0.2, 0) is 19.1 Å². The lowest BCUT2D eigenvalue weighted by Crippen LogP contribution is -2.28. The van der Waals surface area contributed by atoms with Crippen molar-refractivity contribution in [3.8, 4) is 0 Å². The number of carbonyl (C=O) groups is 2. The minimum Gasteiger partial charge on any atom is -0.462 e. The van der Waals surface area contributed by atoms with Gasteiger partial charge in [0.1, 0.15) is 6.61 Å². The summed E-state index contributed by atoms with van der Waals surface area (Å²) in [5.74, 6) is -0.591. The number of hydrogen-bond acceptors (Lipinski definition) is 5. The maximum atomic E-state index is 12.4. The molecular formula is C79H136O5. The number of hydrogen-bond donors (Lipinski definition) is 1. The van der Waals surface area contributed by atoms with Crippen molar-refractivity contribution in [1.29, 1.82) is 0 Å². The van der Waals surface area contributed by atoms with Crippen molar-refractivity contribution in [2.45, 2.75) is 354 Å². The van der Waals surface area contributed by atoms with Crippen LogP contribution in [0.1, 0.15) is 348 Å². The minimum atomic E-state index is -0.784. The Hall–Kier alpha value is -3.70. The smallest absolute Gasteiger partial charge is 0.306 e. The van der Waals surface area contributed by atoms with Gasteiger partial charge in [-0.25, -0.2) is 0 Å². The Bertz CT molecular complexity index is 1650. The van der Waals surface area contributed by atoms with Crippen molar-refractivity contribution in [2.75, 3.05) is 13.2 Å².